The van der Waals surface area contributed by atoms with Crippen LogP contribution >= 0.6 is 11.6 Å². The third-order valence-electron chi connectivity index (χ3n) is 3.95. The van der Waals surface area contributed by atoms with E-state index in [2.05, 4.69) is 6.92 Å². The molecule has 100 valence electrons. The predicted octanol–water partition coefficient (Wildman–Crippen LogP) is 4.21. The van der Waals surface area contributed by atoms with Crippen LogP contribution in [0.1, 0.15) is 38.2 Å². The number of hydrogen-bond acceptors (Lipinski definition) is 1. The molecule has 3 atom stereocenters. The van der Waals surface area contributed by atoms with Crippen LogP contribution in [0.3, 0.4) is 0 Å². The molecule has 1 fully saturated rings. The number of benzene rings is 1. The van der Waals surface area contributed by atoms with Crippen LogP contribution in [0.4, 0.5) is 4.39 Å². The van der Waals surface area contributed by atoms with E-state index in [-0.39, 0.29) is 11.1 Å². The van der Waals surface area contributed by atoms with Crippen LogP contribution in [0.25, 0.3) is 0 Å². The molecule has 1 aromatic rings. The second-order valence-corrected chi connectivity index (χ2v) is 5.96. The molecule has 1 aliphatic rings. The topological polar surface area (TPSA) is 20.2 Å². The lowest BCUT2D eigenvalue weighted by Crippen LogP contribution is -2.27. The van der Waals surface area contributed by atoms with Crippen molar-refractivity contribution in [2.45, 2.75) is 45.1 Å². The fourth-order valence-electron chi connectivity index (χ4n) is 2.91. The first kappa shape index (κ1) is 13.8. The fraction of sp³-hybridized carbons (Fsp3) is 0.600. The summed E-state index contributed by atoms with van der Waals surface area (Å²) in [6.45, 7) is 2.24. The Morgan fingerprint density at radius 3 is 2.89 bits per heavy atom. The highest BCUT2D eigenvalue weighted by Crippen LogP contribution is 2.32. The van der Waals surface area contributed by atoms with Crippen LogP contribution in [-0.2, 0) is 6.42 Å². The van der Waals surface area contributed by atoms with Gasteiger partial charge in [0.15, 0.2) is 0 Å². The molecular weight excluding hydrogens is 251 g/mol. The van der Waals surface area contributed by atoms with Gasteiger partial charge in [-0.15, -0.1) is 0 Å². The molecule has 0 bridgehead atoms. The normalized spacial score (nSPS) is 26.0. The van der Waals surface area contributed by atoms with Gasteiger partial charge < -0.3 is 5.11 Å². The molecule has 1 aromatic carbocycles. The van der Waals surface area contributed by atoms with Gasteiger partial charge in [-0.05, 0) is 48.8 Å². The van der Waals surface area contributed by atoms with Gasteiger partial charge in [-0.1, -0.05) is 37.4 Å². The highest BCUT2D eigenvalue weighted by atomic mass is 35.5. The minimum Gasteiger partial charge on any atom is -0.392 e. The Bertz CT molecular complexity index is 407. The molecule has 0 spiro atoms. The Balaban J connectivity index is 1.97. The van der Waals surface area contributed by atoms with Gasteiger partial charge in [-0.3, -0.25) is 0 Å². The molecule has 1 saturated carbocycles. The summed E-state index contributed by atoms with van der Waals surface area (Å²) in [6.07, 6.45) is 4.89. The largest absolute Gasteiger partial charge is 0.392 e. The lowest BCUT2D eigenvalue weighted by Gasteiger charge is -2.30. The van der Waals surface area contributed by atoms with Crippen LogP contribution in [0.15, 0.2) is 18.2 Å². The van der Waals surface area contributed by atoms with E-state index in [4.69, 9.17) is 11.6 Å². The second-order valence-electron chi connectivity index (χ2n) is 5.55. The van der Waals surface area contributed by atoms with E-state index in [9.17, 15) is 9.50 Å². The lowest BCUT2D eigenvalue weighted by atomic mass is 9.78. The van der Waals surface area contributed by atoms with Crippen LogP contribution in [0, 0.1) is 17.7 Å². The van der Waals surface area contributed by atoms with E-state index in [1.54, 1.807) is 12.1 Å². The minimum atomic E-state index is -0.402. The Hall–Kier alpha value is -0.600. The van der Waals surface area contributed by atoms with Gasteiger partial charge in [0, 0.05) is 0 Å². The highest BCUT2D eigenvalue weighted by molar-refractivity contribution is 6.30. The maximum atomic E-state index is 13.0. The zero-order chi connectivity index (χ0) is 13.1. The Morgan fingerprint density at radius 2 is 2.22 bits per heavy atom. The van der Waals surface area contributed by atoms with Crippen molar-refractivity contribution in [1.29, 1.82) is 0 Å². The van der Waals surface area contributed by atoms with Crippen molar-refractivity contribution in [3.63, 3.8) is 0 Å². The predicted molar refractivity (Wildman–Crippen MR) is 72.2 cm³/mol. The molecule has 3 unspecified atom stereocenters. The average Bonchev–Trinajstić information content (AvgIpc) is 2.34. The zero-order valence-corrected chi connectivity index (χ0v) is 11.5. The summed E-state index contributed by atoms with van der Waals surface area (Å²) >= 11 is 5.75. The molecule has 0 aliphatic heterocycles. The fourth-order valence-corrected chi connectivity index (χ4v) is 3.11. The Labute approximate surface area is 113 Å². The number of hydrogen-bond donors (Lipinski definition) is 1. The van der Waals surface area contributed by atoms with Gasteiger partial charge in [0.25, 0.3) is 0 Å². The summed E-state index contributed by atoms with van der Waals surface area (Å²) in [6, 6.07) is 4.69. The van der Waals surface area contributed by atoms with Crippen LogP contribution in [0.5, 0.6) is 0 Å². The third-order valence-corrected chi connectivity index (χ3v) is 4.24. The van der Waals surface area contributed by atoms with Crippen molar-refractivity contribution < 1.29 is 9.50 Å². The number of aliphatic hydroxyl groups is 1. The van der Waals surface area contributed by atoms with Crippen LogP contribution < -0.4 is 0 Å². The zero-order valence-electron chi connectivity index (χ0n) is 10.7. The molecule has 18 heavy (non-hydrogen) atoms. The van der Waals surface area contributed by atoms with Gasteiger partial charge in [-0.2, -0.15) is 0 Å². The first-order valence-electron chi connectivity index (χ1n) is 6.68. The van der Waals surface area contributed by atoms with E-state index in [0.717, 1.165) is 18.4 Å². The Kier molecular flexibility index (Phi) is 4.63. The van der Waals surface area contributed by atoms with Crippen molar-refractivity contribution in [3.05, 3.63) is 34.6 Å². The van der Waals surface area contributed by atoms with E-state index < -0.39 is 5.82 Å². The summed E-state index contributed by atoms with van der Waals surface area (Å²) < 4.78 is 13.0. The first-order chi connectivity index (χ1) is 8.56. The van der Waals surface area contributed by atoms with Crippen LogP contribution in [-0.4, -0.2) is 11.2 Å². The van der Waals surface area contributed by atoms with Gasteiger partial charge in [-0.25, -0.2) is 4.39 Å². The summed E-state index contributed by atoms with van der Waals surface area (Å²) in [5.74, 6) is 0.675. The van der Waals surface area contributed by atoms with Crippen molar-refractivity contribution in [3.8, 4) is 0 Å². The molecule has 0 heterocycles. The molecule has 1 aliphatic carbocycles. The molecular formula is C15H20ClFO. The summed E-state index contributed by atoms with van der Waals surface area (Å²) in [5.41, 5.74) is 0.909. The van der Waals surface area contributed by atoms with Crippen molar-refractivity contribution in [1.82, 2.24) is 0 Å². The van der Waals surface area contributed by atoms with E-state index in [1.165, 1.54) is 18.9 Å². The minimum absolute atomic E-state index is 0.136. The Morgan fingerprint density at radius 1 is 1.44 bits per heavy atom. The molecule has 2 rings (SSSR count). The smallest absolute Gasteiger partial charge is 0.141 e. The SMILES string of the molecule is CC1CCCC(C(O)Cc2ccc(F)c(Cl)c2)C1. The van der Waals surface area contributed by atoms with E-state index in [1.807, 2.05) is 0 Å². The highest BCUT2D eigenvalue weighted by Gasteiger charge is 2.25. The summed E-state index contributed by atoms with van der Waals surface area (Å²) in [5, 5.41) is 10.4. The van der Waals surface area contributed by atoms with Gasteiger partial charge in [0.2, 0.25) is 0 Å². The number of rotatable bonds is 3. The maximum absolute atomic E-state index is 13.0. The van der Waals surface area contributed by atoms with Gasteiger partial charge in [0.05, 0.1) is 11.1 Å². The summed E-state index contributed by atoms with van der Waals surface area (Å²) in [7, 11) is 0. The standard InChI is InChI=1S/C15H20ClFO/c1-10-3-2-4-12(7-10)15(18)9-11-5-6-14(17)13(16)8-11/h5-6,8,10,12,15,18H,2-4,7,9H2,1H3. The molecule has 0 aromatic heterocycles. The molecule has 1 N–H and O–H groups in total. The molecule has 0 saturated heterocycles. The molecule has 0 amide bonds. The second kappa shape index (κ2) is 6.03. The van der Waals surface area contributed by atoms with Crippen LogP contribution in [0.2, 0.25) is 5.02 Å². The summed E-state index contributed by atoms with van der Waals surface area (Å²) in [4.78, 5) is 0. The van der Waals surface area contributed by atoms with Gasteiger partial charge >= 0.3 is 0 Å². The monoisotopic (exact) mass is 270 g/mol. The van der Waals surface area contributed by atoms with Crippen molar-refractivity contribution in [2.75, 3.05) is 0 Å². The molecule has 3 heteroatoms. The third kappa shape index (κ3) is 3.46. The first-order valence-corrected chi connectivity index (χ1v) is 7.06. The van der Waals surface area contributed by atoms with Crippen molar-refractivity contribution >= 4 is 11.6 Å². The quantitative estimate of drug-likeness (QED) is 0.872. The van der Waals surface area contributed by atoms with Crippen molar-refractivity contribution in [2.24, 2.45) is 11.8 Å². The maximum Gasteiger partial charge on any atom is 0.141 e. The number of halogens is 2. The number of aliphatic hydroxyl groups excluding tert-OH is 1. The lowest BCUT2D eigenvalue weighted by molar-refractivity contribution is 0.0720. The van der Waals surface area contributed by atoms with E-state index >= 15 is 0 Å². The average molecular weight is 271 g/mol. The van der Waals surface area contributed by atoms with Gasteiger partial charge in [0.1, 0.15) is 5.82 Å². The molecule has 0 radical (unpaired) electrons. The van der Waals surface area contributed by atoms with E-state index in [0.29, 0.717) is 18.3 Å². The molecule has 1 nitrogen and oxygen atoms in total.